The molecule has 0 spiro atoms. The van der Waals surface area contributed by atoms with Crippen molar-refractivity contribution in [1.82, 2.24) is 9.97 Å². The summed E-state index contributed by atoms with van der Waals surface area (Å²) in [6.07, 6.45) is 0. The Morgan fingerprint density at radius 1 is 0.520 bits per heavy atom. The summed E-state index contributed by atoms with van der Waals surface area (Å²) in [6, 6.07) is 30.9. The van der Waals surface area contributed by atoms with E-state index in [0.717, 1.165) is 33.9 Å². The molecule has 0 fully saturated rings. The lowest BCUT2D eigenvalue weighted by molar-refractivity contribution is 1.18. The van der Waals surface area contributed by atoms with E-state index < -0.39 is 0 Å². The normalized spacial score (nSPS) is 10.6. The molecule has 0 N–H and O–H groups in total. The van der Waals surface area contributed by atoms with Crippen LogP contribution in [0.15, 0.2) is 91.0 Å². The van der Waals surface area contributed by atoms with Crippen LogP contribution < -0.4 is 5.46 Å². The average molecular weight is 320 g/mol. The van der Waals surface area contributed by atoms with Crippen LogP contribution in [-0.2, 0) is 0 Å². The zero-order valence-corrected chi connectivity index (χ0v) is 14.1. The summed E-state index contributed by atoms with van der Waals surface area (Å²) in [5.74, 6) is 0.750. The van der Waals surface area contributed by atoms with Crippen LogP contribution in [0, 0.1) is 0 Å². The van der Waals surface area contributed by atoms with Crippen LogP contribution in [0.1, 0.15) is 0 Å². The molecule has 3 aromatic carbocycles. The highest BCUT2D eigenvalue weighted by atomic mass is 14.9. The van der Waals surface area contributed by atoms with E-state index in [1.807, 2.05) is 36.4 Å². The van der Waals surface area contributed by atoms with Gasteiger partial charge < -0.3 is 0 Å². The van der Waals surface area contributed by atoms with Gasteiger partial charge in [-0.15, -0.1) is 0 Å². The standard InChI is InChI=1S/C22H17BN2/c23-19-13-11-18(12-14-19)22-24-20(16-7-3-1-4-8-16)15-21(25-22)17-9-5-2-6-10-17/h1-15H,23H2. The van der Waals surface area contributed by atoms with Crippen LogP contribution in [-0.4, -0.2) is 17.8 Å². The third kappa shape index (κ3) is 3.36. The molecule has 0 saturated carbocycles. The molecule has 3 heteroatoms. The van der Waals surface area contributed by atoms with Crippen molar-refractivity contribution < 1.29 is 0 Å². The minimum absolute atomic E-state index is 0.750. The topological polar surface area (TPSA) is 25.8 Å². The first kappa shape index (κ1) is 15.3. The number of hydrogen-bond donors (Lipinski definition) is 0. The molecule has 0 atom stereocenters. The third-order valence-electron chi connectivity index (χ3n) is 4.18. The fourth-order valence-corrected chi connectivity index (χ4v) is 2.79. The van der Waals surface area contributed by atoms with E-state index in [2.05, 4.69) is 62.4 Å². The fourth-order valence-electron chi connectivity index (χ4n) is 2.79. The first-order valence-corrected chi connectivity index (χ1v) is 8.36. The molecule has 1 aromatic heterocycles. The van der Waals surface area contributed by atoms with E-state index in [4.69, 9.17) is 9.97 Å². The molecule has 2 nitrogen and oxygen atoms in total. The lowest BCUT2D eigenvalue weighted by Crippen LogP contribution is -2.01. The zero-order chi connectivity index (χ0) is 17.1. The number of benzene rings is 3. The van der Waals surface area contributed by atoms with Crippen molar-refractivity contribution in [3.8, 4) is 33.9 Å². The molecule has 118 valence electrons. The Balaban J connectivity index is 1.90. The molecule has 4 aromatic rings. The summed E-state index contributed by atoms with van der Waals surface area (Å²) in [4.78, 5) is 9.64. The van der Waals surface area contributed by atoms with Gasteiger partial charge in [-0.05, 0) is 6.07 Å². The van der Waals surface area contributed by atoms with E-state index in [-0.39, 0.29) is 0 Å². The molecule has 0 unspecified atom stereocenters. The molecular weight excluding hydrogens is 303 g/mol. The molecule has 0 aliphatic rings. The second-order valence-corrected chi connectivity index (χ2v) is 6.06. The van der Waals surface area contributed by atoms with Gasteiger partial charge in [-0.1, -0.05) is 90.4 Å². The summed E-state index contributed by atoms with van der Waals surface area (Å²) in [5, 5.41) is 0. The quantitative estimate of drug-likeness (QED) is 0.538. The van der Waals surface area contributed by atoms with Gasteiger partial charge in [0, 0.05) is 16.7 Å². The van der Waals surface area contributed by atoms with Gasteiger partial charge in [-0.2, -0.15) is 0 Å². The highest BCUT2D eigenvalue weighted by Crippen LogP contribution is 2.26. The monoisotopic (exact) mass is 320 g/mol. The van der Waals surface area contributed by atoms with Crippen molar-refractivity contribution in [2.24, 2.45) is 0 Å². The summed E-state index contributed by atoms with van der Waals surface area (Å²) in [6.45, 7) is 0. The summed E-state index contributed by atoms with van der Waals surface area (Å²) < 4.78 is 0. The predicted octanol–water partition coefficient (Wildman–Crippen LogP) is 3.74. The molecule has 0 aliphatic carbocycles. The van der Waals surface area contributed by atoms with E-state index >= 15 is 0 Å². The molecule has 1 heterocycles. The van der Waals surface area contributed by atoms with Crippen LogP contribution in [0.4, 0.5) is 0 Å². The summed E-state index contributed by atoms with van der Waals surface area (Å²) in [5.41, 5.74) is 6.31. The second-order valence-electron chi connectivity index (χ2n) is 6.06. The zero-order valence-electron chi connectivity index (χ0n) is 14.1. The Bertz CT molecular complexity index is 924. The van der Waals surface area contributed by atoms with E-state index in [0.29, 0.717) is 0 Å². The van der Waals surface area contributed by atoms with Gasteiger partial charge in [0.2, 0.25) is 0 Å². The summed E-state index contributed by atoms with van der Waals surface area (Å²) >= 11 is 0. The molecule has 0 bridgehead atoms. The highest BCUT2D eigenvalue weighted by Gasteiger charge is 2.10. The number of rotatable bonds is 3. The van der Waals surface area contributed by atoms with Crippen LogP contribution in [0.5, 0.6) is 0 Å². The SMILES string of the molecule is Bc1ccc(-c2nc(-c3ccccc3)cc(-c3ccccc3)n2)cc1. The maximum atomic E-state index is 4.82. The molecule has 25 heavy (non-hydrogen) atoms. The Kier molecular flexibility index (Phi) is 4.13. The summed E-state index contributed by atoms with van der Waals surface area (Å²) in [7, 11) is 2.08. The van der Waals surface area contributed by atoms with Gasteiger partial charge in [0.1, 0.15) is 7.85 Å². The van der Waals surface area contributed by atoms with Gasteiger partial charge in [-0.25, -0.2) is 9.97 Å². The van der Waals surface area contributed by atoms with E-state index in [1.54, 1.807) is 0 Å². The fraction of sp³-hybridized carbons (Fsp3) is 0. The molecule has 0 aliphatic heterocycles. The molecular formula is C22H17BN2. The Morgan fingerprint density at radius 3 is 1.48 bits per heavy atom. The smallest absolute Gasteiger partial charge is 0.160 e. The molecule has 0 saturated heterocycles. The lowest BCUT2D eigenvalue weighted by atomic mass is 9.95. The Hall–Kier alpha value is -3.20. The first-order valence-electron chi connectivity index (χ1n) is 8.36. The lowest BCUT2D eigenvalue weighted by Gasteiger charge is -2.09. The van der Waals surface area contributed by atoms with Crippen molar-refractivity contribution in [3.63, 3.8) is 0 Å². The maximum Gasteiger partial charge on any atom is 0.160 e. The first-order chi connectivity index (χ1) is 12.3. The Morgan fingerprint density at radius 2 is 1.00 bits per heavy atom. The van der Waals surface area contributed by atoms with E-state index in [1.165, 1.54) is 5.46 Å². The molecule has 4 rings (SSSR count). The van der Waals surface area contributed by atoms with Crippen molar-refractivity contribution in [1.29, 1.82) is 0 Å². The minimum Gasteiger partial charge on any atom is -0.228 e. The maximum absolute atomic E-state index is 4.82. The number of hydrogen-bond acceptors (Lipinski definition) is 2. The van der Waals surface area contributed by atoms with E-state index in [9.17, 15) is 0 Å². The number of aromatic nitrogens is 2. The average Bonchev–Trinajstić information content (AvgIpc) is 2.69. The van der Waals surface area contributed by atoms with Crippen LogP contribution in [0.3, 0.4) is 0 Å². The minimum atomic E-state index is 0.750. The highest BCUT2D eigenvalue weighted by molar-refractivity contribution is 6.32. The molecule has 0 amide bonds. The predicted molar refractivity (Wildman–Crippen MR) is 107 cm³/mol. The van der Waals surface area contributed by atoms with Gasteiger partial charge in [-0.3, -0.25) is 0 Å². The number of nitrogens with zero attached hydrogens (tertiary/aromatic N) is 2. The van der Waals surface area contributed by atoms with Gasteiger partial charge >= 0.3 is 0 Å². The third-order valence-corrected chi connectivity index (χ3v) is 4.18. The van der Waals surface area contributed by atoms with Crippen molar-refractivity contribution in [2.75, 3.05) is 0 Å². The van der Waals surface area contributed by atoms with Crippen molar-refractivity contribution >= 4 is 13.3 Å². The second kappa shape index (κ2) is 6.74. The van der Waals surface area contributed by atoms with Crippen molar-refractivity contribution in [3.05, 3.63) is 91.0 Å². The Labute approximate surface area is 148 Å². The van der Waals surface area contributed by atoms with Crippen molar-refractivity contribution in [2.45, 2.75) is 0 Å². The van der Waals surface area contributed by atoms with Crippen LogP contribution >= 0.6 is 0 Å². The largest absolute Gasteiger partial charge is 0.228 e. The van der Waals surface area contributed by atoms with Crippen LogP contribution in [0.25, 0.3) is 33.9 Å². The van der Waals surface area contributed by atoms with Crippen LogP contribution in [0.2, 0.25) is 0 Å². The molecule has 0 radical (unpaired) electrons. The van der Waals surface area contributed by atoms with Gasteiger partial charge in [0.25, 0.3) is 0 Å². The van der Waals surface area contributed by atoms with Gasteiger partial charge in [0.15, 0.2) is 5.82 Å². The van der Waals surface area contributed by atoms with Gasteiger partial charge in [0.05, 0.1) is 11.4 Å².